The molecule has 66 valence electrons. The summed E-state index contributed by atoms with van der Waals surface area (Å²) in [7, 11) is 0. The highest BCUT2D eigenvalue weighted by atomic mass is 32.1. The number of carbonyl (C=O) groups is 1. The van der Waals surface area contributed by atoms with Crippen molar-refractivity contribution in [2.75, 3.05) is 0 Å². The Hall–Kier alpha value is -0.500. The number of hydrogen-bond acceptors (Lipinski definition) is 1. The van der Waals surface area contributed by atoms with Gasteiger partial charge in [0.2, 0.25) is 0 Å². The van der Waals surface area contributed by atoms with Crippen molar-refractivity contribution in [3.8, 4) is 0 Å². The van der Waals surface area contributed by atoms with Crippen molar-refractivity contribution in [1.29, 1.82) is 0 Å². The van der Waals surface area contributed by atoms with Gasteiger partial charge >= 0.3 is 0 Å². The van der Waals surface area contributed by atoms with Crippen LogP contribution in [0.2, 0.25) is 0 Å². The van der Waals surface area contributed by atoms with Gasteiger partial charge in [0.05, 0.1) is 5.41 Å². The SMILES string of the molecule is CCCC1(C(=O)S)C=CC=CC1. The molecule has 0 amide bonds. The van der Waals surface area contributed by atoms with Crippen molar-refractivity contribution >= 4 is 17.7 Å². The molecule has 12 heavy (non-hydrogen) atoms. The van der Waals surface area contributed by atoms with Crippen LogP contribution in [0.3, 0.4) is 0 Å². The Kier molecular flexibility index (Phi) is 3.15. The molecule has 0 aromatic carbocycles. The summed E-state index contributed by atoms with van der Waals surface area (Å²) in [5.41, 5.74) is -0.313. The van der Waals surface area contributed by atoms with Gasteiger partial charge in [0.25, 0.3) is 0 Å². The van der Waals surface area contributed by atoms with E-state index in [9.17, 15) is 4.79 Å². The second kappa shape index (κ2) is 3.94. The predicted molar refractivity (Wildman–Crippen MR) is 54.2 cm³/mol. The van der Waals surface area contributed by atoms with Crippen molar-refractivity contribution in [3.05, 3.63) is 24.3 Å². The summed E-state index contributed by atoms with van der Waals surface area (Å²) in [5.74, 6) is 0. The van der Waals surface area contributed by atoms with Crippen LogP contribution < -0.4 is 0 Å². The Morgan fingerprint density at radius 2 is 2.33 bits per heavy atom. The van der Waals surface area contributed by atoms with E-state index in [0.717, 1.165) is 19.3 Å². The first-order valence-corrected chi connectivity index (χ1v) is 4.74. The lowest BCUT2D eigenvalue weighted by atomic mass is 9.79. The topological polar surface area (TPSA) is 17.1 Å². The van der Waals surface area contributed by atoms with Crippen molar-refractivity contribution in [2.45, 2.75) is 26.2 Å². The summed E-state index contributed by atoms with van der Waals surface area (Å²) < 4.78 is 0. The number of carbonyl (C=O) groups excluding carboxylic acids is 1. The molecule has 2 heteroatoms. The van der Waals surface area contributed by atoms with Gasteiger partial charge in [0.1, 0.15) is 0 Å². The molecule has 1 aliphatic carbocycles. The monoisotopic (exact) mass is 182 g/mol. The summed E-state index contributed by atoms with van der Waals surface area (Å²) in [6.07, 6.45) is 10.6. The third-order valence-electron chi connectivity index (χ3n) is 2.27. The molecule has 1 nitrogen and oxygen atoms in total. The zero-order chi connectivity index (χ0) is 9.03. The fourth-order valence-corrected chi connectivity index (χ4v) is 1.84. The zero-order valence-corrected chi connectivity index (χ0v) is 8.18. The molecular formula is C10H14OS. The van der Waals surface area contributed by atoms with E-state index < -0.39 is 0 Å². The highest BCUT2D eigenvalue weighted by molar-refractivity contribution is 7.96. The Morgan fingerprint density at radius 1 is 1.58 bits per heavy atom. The van der Waals surface area contributed by atoms with Gasteiger partial charge in [0.15, 0.2) is 5.12 Å². The lowest BCUT2D eigenvalue weighted by Gasteiger charge is -2.26. The Morgan fingerprint density at radius 3 is 2.75 bits per heavy atom. The van der Waals surface area contributed by atoms with Crippen molar-refractivity contribution in [1.82, 2.24) is 0 Å². The Labute approximate surface area is 79.0 Å². The molecule has 0 radical (unpaired) electrons. The van der Waals surface area contributed by atoms with E-state index in [1.165, 1.54) is 0 Å². The standard InChI is InChI=1S/C10H14OS/c1-2-6-10(9(11)12)7-4-3-5-8-10/h3-5,7H,2,6,8H2,1H3,(H,11,12). The average Bonchev–Trinajstić information content (AvgIpc) is 2.06. The molecule has 0 N–H and O–H groups in total. The maximum atomic E-state index is 11.3. The van der Waals surface area contributed by atoms with Gasteiger partial charge in [-0.1, -0.05) is 37.6 Å². The van der Waals surface area contributed by atoms with Gasteiger partial charge in [-0.05, 0) is 12.8 Å². The van der Waals surface area contributed by atoms with Gasteiger partial charge < -0.3 is 0 Å². The molecule has 0 saturated carbocycles. The first-order valence-electron chi connectivity index (χ1n) is 4.29. The second-order valence-corrected chi connectivity index (χ2v) is 3.61. The van der Waals surface area contributed by atoms with E-state index in [-0.39, 0.29) is 10.5 Å². The molecule has 1 rings (SSSR count). The van der Waals surface area contributed by atoms with Crippen LogP contribution in [0.1, 0.15) is 26.2 Å². The van der Waals surface area contributed by atoms with E-state index in [1.807, 2.05) is 24.3 Å². The summed E-state index contributed by atoms with van der Waals surface area (Å²) in [6, 6.07) is 0. The summed E-state index contributed by atoms with van der Waals surface area (Å²) in [6.45, 7) is 2.09. The van der Waals surface area contributed by atoms with E-state index in [0.29, 0.717) is 0 Å². The van der Waals surface area contributed by atoms with E-state index in [2.05, 4.69) is 19.6 Å². The molecule has 0 aromatic heterocycles. The molecule has 0 fully saturated rings. The predicted octanol–water partition coefficient (Wildman–Crippen LogP) is 2.75. The smallest absolute Gasteiger partial charge is 0.196 e. The maximum absolute atomic E-state index is 11.3. The largest absolute Gasteiger partial charge is 0.286 e. The summed E-state index contributed by atoms with van der Waals surface area (Å²) in [5, 5.41) is -0.00931. The highest BCUT2D eigenvalue weighted by Crippen LogP contribution is 2.35. The van der Waals surface area contributed by atoms with Crippen molar-refractivity contribution in [3.63, 3.8) is 0 Å². The zero-order valence-electron chi connectivity index (χ0n) is 7.29. The van der Waals surface area contributed by atoms with Gasteiger partial charge in [0, 0.05) is 0 Å². The molecule has 1 unspecified atom stereocenters. The summed E-state index contributed by atoms with van der Waals surface area (Å²) in [4.78, 5) is 11.3. The van der Waals surface area contributed by atoms with Crippen LogP contribution in [0.5, 0.6) is 0 Å². The average molecular weight is 182 g/mol. The van der Waals surface area contributed by atoms with E-state index in [1.54, 1.807) is 0 Å². The molecule has 0 spiro atoms. The van der Waals surface area contributed by atoms with Crippen LogP contribution in [0.15, 0.2) is 24.3 Å². The van der Waals surface area contributed by atoms with Gasteiger partial charge in [-0.15, -0.1) is 12.6 Å². The maximum Gasteiger partial charge on any atom is 0.196 e. The molecular weight excluding hydrogens is 168 g/mol. The van der Waals surface area contributed by atoms with E-state index in [4.69, 9.17) is 0 Å². The minimum atomic E-state index is -0.313. The number of rotatable bonds is 3. The van der Waals surface area contributed by atoms with E-state index >= 15 is 0 Å². The molecule has 1 atom stereocenters. The fraction of sp³-hybridized carbons (Fsp3) is 0.500. The highest BCUT2D eigenvalue weighted by Gasteiger charge is 2.31. The summed E-state index contributed by atoms with van der Waals surface area (Å²) >= 11 is 3.94. The lowest BCUT2D eigenvalue weighted by Crippen LogP contribution is -2.25. The van der Waals surface area contributed by atoms with Crippen LogP contribution in [0.25, 0.3) is 0 Å². The van der Waals surface area contributed by atoms with Crippen LogP contribution in [0.4, 0.5) is 0 Å². The minimum absolute atomic E-state index is 0.00931. The van der Waals surface area contributed by atoms with Crippen molar-refractivity contribution in [2.24, 2.45) is 5.41 Å². The number of thiol groups is 1. The quantitative estimate of drug-likeness (QED) is 0.664. The fourth-order valence-electron chi connectivity index (χ4n) is 1.56. The van der Waals surface area contributed by atoms with Crippen LogP contribution in [0, 0.1) is 5.41 Å². The van der Waals surface area contributed by atoms with Gasteiger partial charge in [-0.2, -0.15) is 0 Å². The minimum Gasteiger partial charge on any atom is -0.286 e. The molecule has 0 aliphatic heterocycles. The lowest BCUT2D eigenvalue weighted by molar-refractivity contribution is -0.117. The molecule has 1 aliphatic rings. The Balaban J connectivity index is 2.80. The third kappa shape index (κ3) is 1.81. The molecule has 0 heterocycles. The van der Waals surface area contributed by atoms with Crippen LogP contribution in [-0.4, -0.2) is 5.12 Å². The van der Waals surface area contributed by atoms with Crippen LogP contribution in [-0.2, 0) is 4.79 Å². The first kappa shape index (κ1) is 9.59. The third-order valence-corrected chi connectivity index (χ3v) is 2.71. The molecule has 0 bridgehead atoms. The van der Waals surface area contributed by atoms with Gasteiger partial charge in [-0.3, -0.25) is 4.79 Å². The molecule has 0 aromatic rings. The molecule has 0 saturated heterocycles. The number of hydrogen-bond donors (Lipinski definition) is 1. The first-order chi connectivity index (χ1) is 5.71. The van der Waals surface area contributed by atoms with Crippen molar-refractivity contribution < 1.29 is 4.79 Å². The normalized spacial score (nSPS) is 27.5. The van der Waals surface area contributed by atoms with Crippen LogP contribution >= 0.6 is 12.6 Å². The van der Waals surface area contributed by atoms with Gasteiger partial charge in [-0.25, -0.2) is 0 Å². The second-order valence-electron chi connectivity index (χ2n) is 3.20. The Bertz CT molecular complexity index is 230. The number of allylic oxidation sites excluding steroid dienone is 4.